The third kappa shape index (κ3) is 2.31. The number of amides is 1. The quantitative estimate of drug-likeness (QED) is 0.656. The van der Waals surface area contributed by atoms with Gasteiger partial charge in [-0.3, -0.25) is 4.79 Å². The van der Waals surface area contributed by atoms with Crippen LogP contribution in [0.1, 0.15) is 28.7 Å². The number of carbonyl (C=O) groups excluding carboxylic acids is 1. The van der Waals surface area contributed by atoms with E-state index in [4.69, 9.17) is 4.74 Å². The van der Waals surface area contributed by atoms with E-state index in [1.54, 1.807) is 13.4 Å². The number of fused-ring (bicyclic) bond motifs is 4. The average molecular weight is 351 g/mol. The summed E-state index contributed by atoms with van der Waals surface area (Å²) >= 11 is 0. The van der Waals surface area contributed by atoms with E-state index < -0.39 is 0 Å². The molecule has 3 aromatic rings. The second kappa shape index (κ2) is 5.88. The molecule has 7 heteroatoms. The van der Waals surface area contributed by atoms with Gasteiger partial charge in [0.15, 0.2) is 0 Å². The molecule has 2 aromatic heterocycles. The SMILES string of the molecule is COc1ccc2[nH]c3c(c2c1)CN(C(=O)[C@@H]1NCCc2[nH]cnc21)CC3. The number of aromatic nitrogens is 3. The van der Waals surface area contributed by atoms with Gasteiger partial charge in [-0.2, -0.15) is 0 Å². The first-order chi connectivity index (χ1) is 12.7. The molecule has 2 aliphatic rings. The van der Waals surface area contributed by atoms with Crippen LogP contribution in [-0.2, 0) is 24.2 Å². The van der Waals surface area contributed by atoms with Crippen LogP contribution in [0, 0.1) is 0 Å². The van der Waals surface area contributed by atoms with Crippen LogP contribution >= 0.6 is 0 Å². The number of benzene rings is 1. The molecule has 0 radical (unpaired) electrons. The molecule has 5 rings (SSSR count). The number of rotatable bonds is 2. The fraction of sp³-hybridized carbons (Fsp3) is 0.368. The molecule has 0 saturated carbocycles. The predicted molar refractivity (Wildman–Crippen MR) is 97.0 cm³/mol. The molecule has 2 aliphatic heterocycles. The molecule has 0 saturated heterocycles. The lowest BCUT2D eigenvalue weighted by Gasteiger charge is -2.32. The standard InChI is InChI=1S/C19H21N5O2/c1-26-11-2-3-14-12(8-11)13-9-24(7-5-15(13)23-14)19(25)18-17-16(4-6-20-18)21-10-22-17/h2-3,8,10,18,20,23H,4-7,9H2,1H3,(H,21,22)/t18-/m1/s1. The van der Waals surface area contributed by atoms with Gasteiger partial charge in [0.1, 0.15) is 11.8 Å². The van der Waals surface area contributed by atoms with E-state index in [2.05, 4.69) is 20.3 Å². The van der Waals surface area contributed by atoms with Gasteiger partial charge in [0.25, 0.3) is 0 Å². The maximum absolute atomic E-state index is 13.2. The van der Waals surface area contributed by atoms with Crippen molar-refractivity contribution in [3.05, 3.63) is 47.2 Å². The number of hydrogen-bond acceptors (Lipinski definition) is 4. The molecule has 4 heterocycles. The largest absolute Gasteiger partial charge is 0.497 e. The minimum absolute atomic E-state index is 0.0981. The predicted octanol–water partition coefficient (Wildman–Crippen LogP) is 1.67. The van der Waals surface area contributed by atoms with Crippen molar-refractivity contribution < 1.29 is 9.53 Å². The highest BCUT2D eigenvalue weighted by atomic mass is 16.5. The monoisotopic (exact) mass is 351 g/mol. The minimum Gasteiger partial charge on any atom is -0.497 e. The molecule has 1 atom stereocenters. The Bertz CT molecular complexity index is 989. The van der Waals surface area contributed by atoms with Crippen molar-refractivity contribution in [3.63, 3.8) is 0 Å². The molecule has 1 amide bonds. The lowest BCUT2D eigenvalue weighted by molar-refractivity contribution is -0.134. The van der Waals surface area contributed by atoms with Crippen molar-refractivity contribution in [3.8, 4) is 5.75 Å². The summed E-state index contributed by atoms with van der Waals surface area (Å²) in [4.78, 5) is 26.1. The van der Waals surface area contributed by atoms with Gasteiger partial charge in [-0.15, -0.1) is 0 Å². The number of carbonyl (C=O) groups is 1. The minimum atomic E-state index is -0.355. The highest BCUT2D eigenvalue weighted by Crippen LogP contribution is 2.32. The maximum Gasteiger partial charge on any atom is 0.246 e. The smallest absolute Gasteiger partial charge is 0.246 e. The van der Waals surface area contributed by atoms with Gasteiger partial charge in [-0.05, 0) is 18.2 Å². The maximum atomic E-state index is 13.2. The highest BCUT2D eigenvalue weighted by molar-refractivity contribution is 5.88. The molecule has 1 aromatic carbocycles. The van der Waals surface area contributed by atoms with Crippen molar-refractivity contribution in [2.24, 2.45) is 0 Å². The zero-order valence-corrected chi connectivity index (χ0v) is 14.6. The first-order valence-electron chi connectivity index (χ1n) is 8.96. The van der Waals surface area contributed by atoms with E-state index in [1.165, 1.54) is 11.3 Å². The van der Waals surface area contributed by atoms with Crippen LogP contribution in [0.2, 0.25) is 0 Å². The van der Waals surface area contributed by atoms with Gasteiger partial charge in [-0.25, -0.2) is 4.98 Å². The Balaban J connectivity index is 1.46. The number of hydrogen-bond donors (Lipinski definition) is 3. The zero-order chi connectivity index (χ0) is 17.7. The number of nitrogens with one attached hydrogen (secondary N) is 3. The summed E-state index contributed by atoms with van der Waals surface area (Å²) in [5.74, 6) is 0.929. The van der Waals surface area contributed by atoms with Crippen molar-refractivity contribution in [2.75, 3.05) is 20.2 Å². The summed E-state index contributed by atoms with van der Waals surface area (Å²) < 4.78 is 5.37. The number of methoxy groups -OCH3 is 1. The van der Waals surface area contributed by atoms with E-state index >= 15 is 0 Å². The van der Waals surface area contributed by atoms with Crippen molar-refractivity contribution in [1.29, 1.82) is 0 Å². The van der Waals surface area contributed by atoms with E-state index in [0.717, 1.165) is 47.4 Å². The number of ether oxygens (including phenoxy) is 1. The Morgan fingerprint density at radius 2 is 2.23 bits per heavy atom. The molecule has 0 bridgehead atoms. The van der Waals surface area contributed by atoms with Gasteiger partial charge in [0.05, 0.1) is 19.1 Å². The molecule has 134 valence electrons. The molecule has 0 unspecified atom stereocenters. The fourth-order valence-electron chi connectivity index (χ4n) is 4.11. The van der Waals surface area contributed by atoms with Crippen LogP contribution in [0.5, 0.6) is 5.75 Å². The fourth-order valence-corrected chi connectivity index (χ4v) is 4.11. The molecule has 7 nitrogen and oxygen atoms in total. The molecule has 0 spiro atoms. The van der Waals surface area contributed by atoms with Crippen molar-refractivity contribution >= 4 is 16.8 Å². The molecule has 3 N–H and O–H groups in total. The van der Waals surface area contributed by atoms with Gasteiger partial charge >= 0.3 is 0 Å². The Labute approximate surface area is 150 Å². The van der Waals surface area contributed by atoms with Gasteiger partial charge in [-0.1, -0.05) is 0 Å². The summed E-state index contributed by atoms with van der Waals surface area (Å²) in [7, 11) is 1.67. The molecule has 26 heavy (non-hydrogen) atoms. The van der Waals surface area contributed by atoms with E-state index in [0.29, 0.717) is 13.1 Å². The van der Waals surface area contributed by atoms with E-state index in [9.17, 15) is 4.79 Å². The lowest BCUT2D eigenvalue weighted by atomic mass is 10.0. The Morgan fingerprint density at radius 3 is 3.12 bits per heavy atom. The van der Waals surface area contributed by atoms with E-state index in [-0.39, 0.29) is 11.9 Å². The van der Waals surface area contributed by atoms with Crippen LogP contribution in [0.15, 0.2) is 24.5 Å². The highest BCUT2D eigenvalue weighted by Gasteiger charge is 2.34. The molecule has 0 fully saturated rings. The first kappa shape index (κ1) is 15.5. The van der Waals surface area contributed by atoms with Crippen LogP contribution in [0.25, 0.3) is 10.9 Å². The number of H-pyrrole nitrogens is 2. The van der Waals surface area contributed by atoms with Gasteiger partial charge in [0, 0.05) is 60.3 Å². The molecular formula is C19H21N5O2. The van der Waals surface area contributed by atoms with Crippen LogP contribution in [0.4, 0.5) is 0 Å². The van der Waals surface area contributed by atoms with Crippen molar-refractivity contribution in [2.45, 2.75) is 25.4 Å². The third-order valence-electron chi connectivity index (χ3n) is 5.49. The van der Waals surface area contributed by atoms with Crippen LogP contribution in [0.3, 0.4) is 0 Å². The summed E-state index contributed by atoms with van der Waals surface area (Å²) in [6.45, 7) is 2.11. The summed E-state index contributed by atoms with van der Waals surface area (Å²) in [5.41, 5.74) is 5.41. The first-order valence-corrected chi connectivity index (χ1v) is 8.96. The summed E-state index contributed by atoms with van der Waals surface area (Å²) in [6, 6.07) is 5.69. The zero-order valence-electron chi connectivity index (χ0n) is 14.6. The summed E-state index contributed by atoms with van der Waals surface area (Å²) in [5, 5.41) is 4.46. The van der Waals surface area contributed by atoms with Crippen LogP contribution in [-0.4, -0.2) is 46.0 Å². The topological polar surface area (TPSA) is 86.0 Å². The average Bonchev–Trinajstić information content (AvgIpc) is 3.30. The number of nitrogens with zero attached hydrogens (tertiary/aromatic N) is 2. The van der Waals surface area contributed by atoms with Crippen LogP contribution < -0.4 is 10.1 Å². The lowest BCUT2D eigenvalue weighted by Crippen LogP contribution is -2.45. The second-order valence-corrected chi connectivity index (χ2v) is 6.91. The molecule has 0 aliphatic carbocycles. The van der Waals surface area contributed by atoms with Gasteiger partial charge in [0.2, 0.25) is 5.91 Å². The Hall–Kier alpha value is -2.80. The summed E-state index contributed by atoms with van der Waals surface area (Å²) in [6.07, 6.45) is 3.39. The van der Waals surface area contributed by atoms with E-state index in [1.807, 2.05) is 23.1 Å². The third-order valence-corrected chi connectivity index (χ3v) is 5.49. The Kier molecular flexibility index (Phi) is 3.49. The normalized spacial score (nSPS) is 19.3. The second-order valence-electron chi connectivity index (χ2n) is 6.91. The Morgan fingerprint density at radius 1 is 1.31 bits per heavy atom. The van der Waals surface area contributed by atoms with Crippen molar-refractivity contribution in [1.82, 2.24) is 25.2 Å². The number of aromatic amines is 2. The molecular weight excluding hydrogens is 330 g/mol. The van der Waals surface area contributed by atoms with Gasteiger partial charge < -0.3 is 24.9 Å². The number of imidazole rings is 1.